The summed E-state index contributed by atoms with van der Waals surface area (Å²) in [6, 6.07) is 2.85. The van der Waals surface area contributed by atoms with E-state index in [0.717, 1.165) is 11.8 Å². The number of carbonyl (C=O) groups excluding carboxylic acids is 2. The summed E-state index contributed by atoms with van der Waals surface area (Å²) in [5.74, 6) is -1.52. The van der Waals surface area contributed by atoms with Crippen molar-refractivity contribution in [1.82, 2.24) is 4.90 Å². The number of nitrogens with zero attached hydrogens (tertiary/aromatic N) is 2. The Morgan fingerprint density at radius 2 is 2.08 bits per heavy atom. The van der Waals surface area contributed by atoms with E-state index in [0.29, 0.717) is 23.8 Å². The van der Waals surface area contributed by atoms with Crippen LogP contribution in [0, 0.1) is 0 Å². The average Bonchev–Trinajstić information content (AvgIpc) is 3.31. The van der Waals surface area contributed by atoms with Gasteiger partial charge in [0.15, 0.2) is 6.29 Å². The zero-order chi connectivity index (χ0) is 18.4. The van der Waals surface area contributed by atoms with Crippen molar-refractivity contribution in [2.24, 2.45) is 0 Å². The van der Waals surface area contributed by atoms with Crippen LogP contribution in [0.3, 0.4) is 0 Å². The first kappa shape index (κ1) is 17.5. The van der Waals surface area contributed by atoms with E-state index in [2.05, 4.69) is 0 Å². The molecule has 4 rings (SSSR count). The number of thioether (sulfide) groups is 1. The second kappa shape index (κ2) is 6.69. The first-order valence-electron chi connectivity index (χ1n) is 7.97. The lowest BCUT2D eigenvalue weighted by atomic mass is 10.0. The van der Waals surface area contributed by atoms with Gasteiger partial charge in [-0.15, -0.1) is 23.1 Å². The van der Waals surface area contributed by atoms with Crippen LogP contribution in [0.25, 0.3) is 0 Å². The third kappa shape index (κ3) is 2.73. The Kier molecular flexibility index (Phi) is 4.51. The van der Waals surface area contributed by atoms with Gasteiger partial charge in [0.25, 0.3) is 5.91 Å². The van der Waals surface area contributed by atoms with Crippen LogP contribution < -0.4 is 4.90 Å². The van der Waals surface area contributed by atoms with Crippen LogP contribution in [0.5, 0.6) is 0 Å². The SMILES string of the molecule is CC(=O)N(c1cccs1)C1C(=O)N2C=C(C3OCCO3)C(C(=O)O)S[C@H]12. The molecule has 2 saturated heterocycles. The molecule has 0 aromatic carbocycles. The van der Waals surface area contributed by atoms with Crippen LogP contribution in [0.4, 0.5) is 5.00 Å². The van der Waals surface area contributed by atoms with Gasteiger partial charge in [-0.2, -0.15) is 0 Å². The molecule has 0 saturated carbocycles. The number of rotatable bonds is 4. The Hall–Kier alpha value is -1.88. The molecule has 1 N–H and O–H groups in total. The maximum atomic E-state index is 12.7. The van der Waals surface area contributed by atoms with Crippen molar-refractivity contribution < 1.29 is 29.0 Å². The topological polar surface area (TPSA) is 96.4 Å². The van der Waals surface area contributed by atoms with E-state index >= 15 is 0 Å². The van der Waals surface area contributed by atoms with Crippen molar-refractivity contribution in [3.8, 4) is 0 Å². The van der Waals surface area contributed by atoms with E-state index in [1.165, 1.54) is 34.3 Å². The molecule has 10 heteroatoms. The summed E-state index contributed by atoms with van der Waals surface area (Å²) >= 11 is 2.49. The van der Waals surface area contributed by atoms with Crippen LogP contribution in [0.1, 0.15) is 6.92 Å². The molecule has 26 heavy (non-hydrogen) atoms. The van der Waals surface area contributed by atoms with Crippen LogP contribution in [0.2, 0.25) is 0 Å². The van der Waals surface area contributed by atoms with Crippen molar-refractivity contribution in [1.29, 1.82) is 0 Å². The minimum absolute atomic E-state index is 0.245. The lowest BCUT2D eigenvalue weighted by molar-refractivity contribution is -0.143. The molecule has 3 aliphatic heterocycles. The van der Waals surface area contributed by atoms with Gasteiger partial charge in [-0.25, -0.2) is 0 Å². The fourth-order valence-electron chi connectivity index (χ4n) is 3.26. The number of carbonyl (C=O) groups is 3. The molecule has 3 atom stereocenters. The molecule has 2 fully saturated rings. The maximum Gasteiger partial charge on any atom is 0.321 e. The van der Waals surface area contributed by atoms with Gasteiger partial charge >= 0.3 is 5.97 Å². The van der Waals surface area contributed by atoms with E-state index in [1.807, 2.05) is 5.38 Å². The van der Waals surface area contributed by atoms with Gasteiger partial charge < -0.3 is 19.5 Å². The van der Waals surface area contributed by atoms with E-state index in [9.17, 15) is 19.5 Å². The zero-order valence-electron chi connectivity index (χ0n) is 13.7. The van der Waals surface area contributed by atoms with Crippen molar-refractivity contribution >= 4 is 45.9 Å². The minimum atomic E-state index is -1.02. The summed E-state index contributed by atoms with van der Waals surface area (Å²) < 4.78 is 10.8. The number of hydrogen-bond donors (Lipinski definition) is 1. The molecule has 1 aromatic heterocycles. The monoisotopic (exact) mass is 396 g/mol. The Balaban J connectivity index is 1.65. The molecule has 4 heterocycles. The fourth-order valence-corrected chi connectivity index (χ4v) is 5.48. The van der Waals surface area contributed by atoms with Gasteiger partial charge in [0.1, 0.15) is 16.7 Å². The summed E-state index contributed by atoms with van der Waals surface area (Å²) in [5, 5.41) is 10.8. The van der Waals surface area contributed by atoms with Crippen LogP contribution in [-0.2, 0) is 23.9 Å². The fraction of sp³-hybridized carbons (Fsp3) is 0.438. The highest BCUT2D eigenvalue weighted by Crippen LogP contribution is 2.45. The first-order chi connectivity index (χ1) is 12.5. The van der Waals surface area contributed by atoms with E-state index in [4.69, 9.17) is 9.47 Å². The van der Waals surface area contributed by atoms with Gasteiger partial charge in [0, 0.05) is 18.7 Å². The molecule has 2 amide bonds. The molecule has 0 bridgehead atoms. The quantitative estimate of drug-likeness (QED) is 0.761. The summed E-state index contributed by atoms with van der Waals surface area (Å²) in [6.07, 6.45) is 0.763. The van der Waals surface area contributed by atoms with Gasteiger partial charge in [-0.05, 0) is 17.5 Å². The van der Waals surface area contributed by atoms with Crippen LogP contribution in [-0.4, -0.2) is 64.0 Å². The lowest BCUT2D eigenvalue weighted by Crippen LogP contribution is -2.70. The van der Waals surface area contributed by atoms with Crippen molar-refractivity contribution in [3.05, 3.63) is 29.3 Å². The summed E-state index contributed by atoms with van der Waals surface area (Å²) in [7, 11) is 0. The predicted octanol–water partition coefficient (Wildman–Crippen LogP) is 1.09. The normalized spacial score (nSPS) is 28.3. The number of amides is 2. The smallest absolute Gasteiger partial charge is 0.321 e. The third-order valence-corrected chi connectivity index (χ3v) is 6.77. The number of hydrogen-bond acceptors (Lipinski definition) is 7. The van der Waals surface area contributed by atoms with Crippen molar-refractivity contribution in [3.63, 3.8) is 0 Å². The van der Waals surface area contributed by atoms with E-state index in [-0.39, 0.29) is 11.8 Å². The van der Waals surface area contributed by atoms with Gasteiger partial charge in [0.2, 0.25) is 5.91 Å². The Labute approximate surface area is 157 Å². The second-order valence-electron chi connectivity index (χ2n) is 5.98. The number of fused-ring (bicyclic) bond motifs is 1. The van der Waals surface area contributed by atoms with Gasteiger partial charge in [-0.3, -0.25) is 19.3 Å². The highest BCUT2D eigenvalue weighted by atomic mass is 32.2. The van der Waals surface area contributed by atoms with Crippen molar-refractivity contribution in [2.75, 3.05) is 18.1 Å². The largest absolute Gasteiger partial charge is 0.480 e. The standard InChI is InChI=1S/C16H16N2O6S2/c1-8(19)18(10-3-2-6-25-10)11-13(20)17-7-9(16-23-4-5-24-16)12(15(21)22)26-14(11)17/h2-3,6-7,11-12,14,16H,4-5H2,1H3,(H,21,22)/t11?,12?,14-/m1/s1. The molecule has 1 aromatic rings. The number of thiophene rings is 1. The van der Waals surface area contributed by atoms with E-state index in [1.54, 1.807) is 12.1 Å². The summed E-state index contributed by atoms with van der Waals surface area (Å²) in [6.45, 7) is 2.17. The number of anilines is 1. The second-order valence-corrected chi connectivity index (χ2v) is 8.13. The highest BCUT2D eigenvalue weighted by molar-refractivity contribution is 8.01. The molecule has 0 aliphatic carbocycles. The molecule has 8 nitrogen and oxygen atoms in total. The number of ether oxygens (including phenoxy) is 2. The van der Waals surface area contributed by atoms with Gasteiger partial charge in [-0.1, -0.05) is 0 Å². The molecular formula is C16H16N2O6S2. The van der Waals surface area contributed by atoms with Crippen molar-refractivity contribution in [2.45, 2.75) is 29.9 Å². The lowest BCUT2D eigenvalue weighted by Gasteiger charge is -2.52. The average molecular weight is 396 g/mol. The molecule has 3 aliphatic rings. The highest BCUT2D eigenvalue weighted by Gasteiger charge is 2.56. The predicted molar refractivity (Wildman–Crippen MR) is 94.7 cm³/mol. The summed E-state index contributed by atoms with van der Waals surface area (Å²) in [5.41, 5.74) is 0.411. The Morgan fingerprint density at radius 1 is 1.35 bits per heavy atom. The first-order valence-corrected chi connectivity index (χ1v) is 9.80. The summed E-state index contributed by atoms with van der Waals surface area (Å²) in [4.78, 5) is 39.6. The van der Waals surface area contributed by atoms with Crippen LogP contribution in [0.15, 0.2) is 29.3 Å². The van der Waals surface area contributed by atoms with Crippen LogP contribution >= 0.6 is 23.1 Å². The molecule has 0 spiro atoms. The third-order valence-electron chi connectivity index (χ3n) is 4.40. The minimum Gasteiger partial charge on any atom is -0.480 e. The number of carboxylic acids is 1. The molecule has 0 radical (unpaired) electrons. The molecule has 138 valence electrons. The van der Waals surface area contributed by atoms with E-state index < -0.39 is 28.9 Å². The number of aliphatic carboxylic acids is 1. The Morgan fingerprint density at radius 3 is 2.65 bits per heavy atom. The number of β-lactam (4-membered cyclic amide) rings is 1. The van der Waals surface area contributed by atoms with Gasteiger partial charge in [0.05, 0.1) is 18.2 Å². The zero-order valence-corrected chi connectivity index (χ0v) is 15.4. The maximum absolute atomic E-state index is 12.7. The number of carboxylic acid groups (broad SMARTS) is 1. The Bertz CT molecular complexity index is 774. The molecule has 2 unspecified atom stereocenters. The molecular weight excluding hydrogens is 380 g/mol.